The predicted octanol–water partition coefficient (Wildman–Crippen LogP) is 15.8. The lowest BCUT2D eigenvalue weighted by atomic mass is 9.70. The largest absolute Gasteiger partial charge is 0.477 e. The number of carboxylic acid groups (broad SMARTS) is 1. The summed E-state index contributed by atoms with van der Waals surface area (Å²) in [5.41, 5.74) is 25.2. The van der Waals surface area contributed by atoms with Crippen LogP contribution in [0.25, 0.3) is 61.7 Å². The van der Waals surface area contributed by atoms with Crippen molar-refractivity contribution in [2.24, 2.45) is 0 Å². The quantitative estimate of drug-likeness (QED) is 0.133. The molecule has 0 amide bonds. The molecule has 1 spiro atoms. The van der Waals surface area contributed by atoms with E-state index < -0.39 is 11.4 Å². The third-order valence-electron chi connectivity index (χ3n) is 15.9. The second-order valence-corrected chi connectivity index (χ2v) is 20.1. The zero-order chi connectivity index (χ0) is 47.0. The van der Waals surface area contributed by atoms with Crippen LogP contribution in [0.1, 0.15) is 77.8 Å². The van der Waals surface area contributed by atoms with Gasteiger partial charge in [-0.2, -0.15) is 5.26 Å². The molecule has 0 saturated heterocycles. The van der Waals surface area contributed by atoms with Crippen LogP contribution in [-0.2, 0) is 21.0 Å². The maximum absolute atomic E-state index is 11.6. The summed E-state index contributed by atoms with van der Waals surface area (Å²) < 4.78 is 0. The smallest absolute Gasteiger partial charge is 0.346 e. The van der Waals surface area contributed by atoms with Gasteiger partial charge in [0.25, 0.3) is 0 Å². The number of fused-ring (bicyclic) bond motifs is 16. The minimum Gasteiger partial charge on any atom is -0.477 e. The van der Waals surface area contributed by atoms with E-state index in [1.54, 1.807) is 6.07 Å². The molecule has 328 valence electrons. The molecule has 13 rings (SSSR count). The van der Waals surface area contributed by atoms with Gasteiger partial charge >= 0.3 is 5.97 Å². The molecule has 4 nitrogen and oxygen atoms in total. The first kappa shape index (κ1) is 40.7. The molecule has 4 aliphatic rings. The highest BCUT2D eigenvalue weighted by atomic mass is 16.4. The number of carboxylic acids is 1. The predicted molar refractivity (Wildman–Crippen MR) is 279 cm³/mol. The first-order valence-electron chi connectivity index (χ1n) is 23.7. The number of hydrogen-bond acceptors (Lipinski definition) is 3. The van der Waals surface area contributed by atoms with Crippen molar-refractivity contribution >= 4 is 29.1 Å². The number of benzene rings is 9. The average Bonchev–Trinajstić information content (AvgIpc) is 4.00. The highest BCUT2D eigenvalue weighted by Gasteiger charge is 2.52. The molecule has 0 bridgehead atoms. The van der Waals surface area contributed by atoms with E-state index in [9.17, 15) is 15.2 Å². The van der Waals surface area contributed by atoms with Crippen LogP contribution in [0.3, 0.4) is 0 Å². The Morgan fingerprint density at radius 2 is 0.797 bits per heavy atom. The molecule has 69 heavy (non-hydrogen) atoms. The van der Waals surface area contributed by atoms with Gasteiger partial charge in [-0.3, -0.25) is 0 Å². The molecule has 9 aromatic carbocycles. The maximum atomic E-state index is 11.6. The highest BCUT2D eigenvalue weighted by molar-refractivity contribution is 5.99. The second kappa shape index (κ2) is 14.5. The third kappa shape index (κ3) is 5.59. The Labute approximate surface area is 402 Å². The molecule has 0 unspecified atom stereocenters. The Morgan fingerprint density at radius 3 is 1.26 bits per heavy atom. The van der Waals surface area contributed by atoms with Crippen LogP contribution in [0.2, 0.25) is 0 Å². The summed E-state index contributed by atoms with van der Waals surface area (Å²) in [5, 5.41) is 18.9. The topological polar surface area (TPSA) is 64.3 Å². The van der Waals surface area contributed by atoms with E-state index >= 15 is 0 Å². The highest BCUT2D eigenvalue weighted by Crippen LogP contribution is 2.64. The number of nitriles is 1. The second-order valence-electron chi connectivity index (χ2n) is 20.1. The number of nitrogens with zero attached hydrogens (tertiary/aromatic N) is 2. The van der Waals surface area contributed by atoms with Crippen LogP contribution in [0.15, 0.2) is 200 Å². The summed E-state index contributed by atoms with van der Waals surface area (Å²) in [6, 6.07) is 73.4. The Hall–Kier alpha value is -8.52. The summed E-state index contributed by atoms with van der Waals surface area (Å²) in [4.78, 5) is 14.1. The average molecular weight is 887 g/mol. The standard InChI is InChI=1S/C65H46N2O2/c1-63(2)54-17-9-5-13-46(54)50-30-26-43(35-58(50)63)67(44-27-31-51-47-14-6-10-18-55(47)64(3,4)59(51)36-44)45-28-32-53-52-29-25-41(40-23-21-39(22-24-40)33-42(38-66)62(68)69)34-60(52)65(61(53)37-45)56-19-11-7-15-48(56)49-16-8-12-20-57(49)65/h5-37H,1-4H3,(H,68,69). The van der Waals surface area contributed by atoms with Gasteiger partial charge in [-0.1, -0.05) is 179 Å². The lowest BCUT2D eigenvalue weighted by Crippen LogP contribution is -2.26. The van der Waals surface area contributed by atoms with Gasteiger partial charge in [-0.25, -0.2) is 4.79 Å². The van der Waals surface area contributed by atoms with Crippen molar-refractivity contribution in [3.8, 4) is 61.7 Å². The van der Waals surface area contributed by atoms with Crippen LogP contribution in [0.5, 0.6) is 0 Å². The van der Waals surface area contributed by atoms with Gasteiger partial charge in [-0.05, 0) is 154 Å². The number of aliphatic carboxylic acids is 1. The van der Waals surface area contributed by atoms with Crippen LogP contribution in [-0.4, -0.2) is 11.1 Å². The third-order valence-corrected chi connectivity index (χ3v) is 15.9. The summed E-state index contributed by atoms with van der Waals surface area (Å²) in [6.07, 6.45) is 1.42. The summed E-state index contributed by atoms with van der Waals surface area (Å²) in [7, 11) is 0. The molecular weight excluding hydrogens is 841 g/mol. The van der Waals surface area contributed by atoms with Crippen molar-refractivity contribution < 1.29 is 9.90 Å². The Balaban J connectivity index is 1.03. The molecule has 0 fully saturated rings. The van der Waals surface area contributed by atoms with Crippen molar-refractivity contribution in [1.82, 2.24) is 0 Å². The fourth-order valence-electron chi connectivity index (χ4n) is 12.6. The lowest BCUT2D eigenvalue weighted by molar-refractivity contribution is -0.132. The molecule has 1 N–H and O–H groups in total. The zero-order valence-corrected chi connectivity index (χ0v) is 38.8. The fourth-order valence-corrected chi connectivity index (χ4v) is 12.6. The minimum atomic E-state index is -1.24. The monoisotopic (exact) mass is 886 g/mol. The van der Waals surface area contributed by atoms with Crippen LogP contribution in [0, 0.1) is 11.3 Å². The van der Waals surface area contributed by atoms with E-state index in [4.69, 9.17) is 0 Å². The zero-order valence-electron chi connectivity index (χ0n) is 38.8. The van der Waals surface area contributed by atoms with E-state index in [1.807, 2.05) is 24.3 Å². The van der Waals surface area contributed by atoms with Gasteiger partial charge in [0.05, 0.1) is 5.41 Å². The minimum absolute atomic E-state index is 0.178. The van der Waals surface area contributed by atoms with Gasteiger partial charge in [0.2, 0.25) is 0 Å². The molecular formula is C65H46N2O2. The Kier molecular flexibility index (Phi) is 8.55. The number of carbonyl (C=O) groups is 1. The number of rotatable bonds is 6. The van der Waals surface area contributed by atoms with Gasteiger partial charge in [0.15, 0.2) is 0 Å². The SMILES string of the molecule is CC1(C)c2ccccc2-c2ccc(N(c3ccc4c(c3)C(C)(C)c3ccccc3-4)c3ccc4c(c3)C3(c5ccccc5-c5ccccc53)c3cc(-c5ccc(C=C(C#N)C(=O)O)cc5)ccc3-4)cc21. The van der Waals surface area contributed by atoms with Crippen molar-refractivity contribution in [3.63, 3.8) is 0 Å². The Bertz CT molecular complexity index is 3630. The molecule has 0 heterocycles. The van der Waals surface area contributed by atoms with E-state index in [2.05, 4.69) is 202 Å². The molecule has 0 aromatic heterocycles. The Morgan fingerprint density at radius 1 is 0.435 bits per heavy atom. The van der Waals surface area contributed by atoms with Crippen LogP contribution in [0.4, 0.5) is 17.1 Å². The van der Waals surface area contributed by atoms with Gasteiger partial charge in [0, 0.05) is 27.9 Å². The van der Waals surface area contributed by atoms with Crippen LogP contribution < -0.4 is 4.90 Å². The van der Waals surface area contributed by atoms with E-state index in [0.29, 0.717) is 5.56 Å². The van der Waals surface area contributed by atoms with Gasteiger partial charge < -0.3 is 10.0 Å². The first-order chi connectivity index (χ1) is 33.5. The normalized spacial score (nSPS) is 15.2. The molecule has 0 aliphatic heterocycles. The summed E-state index contributed by atoms with van der Waals surface area (Å²) >= 11 is 0. The van der Waals surface area contributed by atoms with Gasteiger partial charge in [0.1, 0.15) is 11.6 Å². The molecule has 4 aliphatic carbocycles. The van der Waals surface area contributed by atoms with E-state index in [0.717, 1.165) is 28.2 Å². The number of hydrogen-bond donors (Lipinski definition) is 1. The first-order valence-corrected chi connectivity index (χ1v) is 23.7. The van der Waals surface area contributed by atoms with Gasteiger partial charge in [-0.15, -0.1) is 0 Å². The molecule has 9 aromatic rings. The fraction of sp³-hybridized carbons (Fsp3) is 0.108. The van der Waals surface area contributed by atoms with Crippen molar-refractivity contribution in [1.29, 1.82) is 5.26 Å². The molecule has 0 atom stereocenters. The van der Waals surface area contributed by atoms with Crippen molar-refractivity contribution in [2.45, 2.75) is 43.9 Å². The summed E-state index contributed by atoms with van der Waals surface area (Å²) in [6.45, 7) is 9.43. The van der Waals surface area contributed by atoms with Crippen molar-refractivity contribution in [2.75, 3.05) is 4.90 Å². The van der Waals surface area contributed by atoms with Crippen molar-refractivity contribution in [3.05, 3.63) is 250 Å². The number of anilines is 3. The van der Waals surface area contributed by atoms with E-state index in [-0.39, 0.29) is 16.4 Å². The maximum Gasteiger partial charge on any atom is 0.346 e. The van der Waals surface area contributed by atoms with E-state index in [1.165, 1.54) is 95.1 Å². The lowest BCUT2D eigenvalue weighted by Gasteiger charge is -2.33. The molecule has 0 radical (unpaired) electrons. The summed E-state index contributed by atoms with van der Waals surface area (Å²) in [5.74, 6) is -1.24. The van der Waals surface area contributed by atoms with Crippen LogP contribution >= 0.6 is 0 Å². The molecule has 4 heteroatoms. The molecule has 0 saturated carbocycles.